The summed E-state index contributed by atoms with van der Waals surface area (Å²) in [6.07, 6.45) is 2.44. The van der Waals surface area contributed by atoms with E-state index in [1.54, 1.807) is 6.07 Å². The van der Waals surface area contributed by atoms with Crippen LogP contribution in [0, 0.1) is 0 Å². The number of sulfonamides is 1. The van der Waals surface area contributed by atoms with E-state index in [9.17, 15) is 18.0 Å². The van der Waals surface area contributed by atoms with Crippen molar-refractivity contribution in [1.29, 1.82) is 0 Å². The number of primary sulfonamides is 1. The van der Waals surface area contributed by atoms with Gasteiger partial charge in [0.1, 0.15) is 6.26 Å². The molecule has 2 heterocycles. The highest BCUT2D eigenvalue weighted by Crippen LogP contribution is 2.11. The zero-order chi connectivity index (χ0) is 19.4. The summed E-state index contributed by atoms with van der Waals surface area (Å²) in [4.78, 5) is 27.7. The summed E-state index contributed by atoms with van der Waals surface area (Å²) >= 11 is 0. The first-order valence-corrected chi connectivity index (χ1v) is 9.08. The number of hydrogen-bond donors (Lipinski definition) is 3. The molecule has 0 bridgehead atoms. The van der Waals surface area contributed by atoms with E-state index in [0.29, 0.717) is 5.56 Å². The molecule has 2 aromatic heterocycles. The van der Waals surface area contributed by atoms with Gasteiger partial charge in [-0.25, -0.2) is 13.6 Å². The molecule has 10 nitrogen and oxygen atoms in total. The van der Waals surface area contributed by atoms with E-state index in [4.69, 9.17) is 14.0 Å². The third-order valence-electron chi connectivity index (χ3n) is 3.41. The number of nitrogens with zero attached hydrogens (tertiary/aromatic N) is 1. The van der Waals surface area contributed by atoms with Crippen LogP contribution in [0.5, 0.6) is 0 Å². The number of anilines is 1. The summed E-state index contributed by atoms with van der Waals surface area (Å²) in [5.74, 6) is -1.03. The van der Waals surface area contributed by atoms with Crippen molar-refractivity contribution >= 4 is 27.9 Å². The van der Waals surface area contributed by atoms with E-state index in [1.807, 2.05) is 0 Å². The first-order valence-electron chi connectivity index (χ1n) is 7.53. The normalized spacial score (nSPS) is 11.1. The third kappa shape index (κ3) is 4.59. The van der Waals surface area contributed by atoms with E-state index in [2.05, 4.69) is 15.6 Å². The van der Waals surface area contributed by atoms with Gasteiger partial charge in [0.05, 0.1) is 11.2 Å². The Morgan fingerprint density at radius 3 is 2.44 bits per heavy atom. The molecule has 0 aliphatic carbocycles. The minimum atomic E-state index is -3.77. The molecule has 0 spiro atoms. The molecule has 0 saturated heterocycles. The average molecular weight is 390 g/mol. The SMILES string of the molecule is NS(=O)(=O)c1ccc(CNC(=O)c2coc(NC(=O)c3ccco3)n2)cc1. The van der Waals surface area contributed by atoms with Gasteiger partial charge in [-0.2, -0.15) is 4.98 Å². The molecule has 0 atom stereocenters. The topological polar surface area (TPSA) is 158 Å². The number of rotatable bonds is 6. The highest BCUT2D eigenvalue weighted by atomic mass is 32.2. The van der Waals surface area contributed by atoms with Crippen molar-refractivity contribution in [2.45, 2.75) is 11.4 Å². The maximum absolute atomic E-state index is 12.1. The second kappa shape index (κ2) is 7.43. The lowest BCUT2D eigenvalue weighted by molar-refractivity contribution is 0.0944. The molecule has 4 N–H and O–H groups in total. The number of nitrogens with one attached hydrogen (secondary N) is 2. The van der Waals surface area contributed by atoms with Crippen LogP contribution in [-0.2, 0) is 16.6 Å². The van der Waals surface area contributed by atoms with Crippen LogP contribution in [-0.4, -0.2) is 25.2 Å². The monoisotopic (exact) mass is 390 g/mol. The van der Waals surface area contributed by atoms with Crippen molar-refractivity contribution in [3.8, 4) is 0 Å². The van der Waals surface area contributed by atoms with Crippen molar-refractivity contribution in [1.82, 2.24) is 10.3 Å². The molecule has 3 aromatic rings. The lowest BCUT2D eigenvalue weighted by Crippen LogP contribution is -2.23. The molecule has 0 aliphatic heterocycles. The van der Waals surface area contributed by atoms with Gasteiger partial charge in [-0.1, -0.05) is 12.1 Å². The summed E-state index contributed by atoms with van der Waals surface area (Å²) in [5.41, 5.74) is 0.622. The molecule has 0 aliphatic rings. The van der Waals surface area contributed by atoms with Gasteiger partial charge >= 0.3 is 6.01 Å². The summed E-state index contributed by atoms with van der Waals surface area (Å²) in [6.45, 7) is 0.130. The largest absolute Gasteiger partial charge is 0.459 e. The summed E-state index contributed by atoms with van der Waals surface area (Å²) in [6, 6.07) is 8.60. The molecule has 0 radical (unpaired) electrons. The van der Waals surface area contributed by atoms with Gasteiger partial charge in [0.15, 0.2) is 11.5 Å². The van der Waals surface area contributed by atoms with Gasteiger partial charge in [0, 0.05) is 6.54 Å². The second-order valence-electron chi connectivity index (χ2n) is 5.34. The van der Waals surface area contributed by atoms with Crippen molar-refractivity contribution in [3.05, 3.63) is 65.9 Å². The van der Waals surface area contributed by atoms with Crippen LogP contribution in [0.1, 0.15) is 26.6 Å². The van der Waals surface area contributed by atoms with Crippen LogP contribution in [0.3, 0.4) is 0 Å². The van der Waals surface area contributed by atoms with Crippen molar-refractivity contribution in [2.75, 3.05) is 5.32 Å². The molecule has 0 unspecified atom stereocenters. The maximum Gasteiger partial charge on any atom is 0.302 e. The van der Waals surface area contributed by atoms with Gasteiger partial charge in [0.25, 0.3) is 11.8 Å². The zero-order valence-electron chi connectivity index (χ0n) is 13.7. The summed E-state index contributed by atoms with van der Waals surface area (Å²) in [5, 5.41) is 9.97. The number of carbonyl (C=O) groups excluding carboxylic acids is 2. The quantitative estimate of drug-likeness (QED) is 0.568. The number of benzene rings is 1. The first kappa shape index (κ1) is 18.4. The van der Waals surface area contributed by atoms with E-state index < -0.39 is 21.8 Å². The fourth-order valence-electron chi connectivity index (χ4n) is 2.07. The standard InChI is InChI=1S/C16H14N4O6S/c17-27(23,24)11-5-3-10(4-6-11)8-18-14(21)12-9-26-16(19-12)20-15(22)13-2-1-7-25-13/h1-7,9H,8H2,(H,18,21)(H2,17,23,24)(H,19,20,22). The van der Waals surface area contributed by atoms with Crippen LogP contribution in [0.4, 0.5) is 6.01 Å². The number of amides is 2. The van der Waals surface area contributed by atoms with Crippen molar-refractivity contribution in [2.24, 2.45) is 5.14 Å². The first-order chi connectivity index (χ1) is 12.8. The summed E-state index contributed by atoms with van der Waals surface area (Å²) < 4.78 is 32.4. The summed E-state index contributed by atoms with van der Waals surface area (Å²) in [7, 11) is -3.77. The van der Waals surface area contributed by atoms with Crippen molar-refractivity contribution in [3.63, 3.8) is 0 Å². The van der Waals surface area contributed by atoms with Gasteiger partial charge in [0.2, 0.25) is 10.0 Å². The van der Waals surface area contributed by atoms with E-state index >= 15 is 0 Å². The van der Waals surface area contributed by atoms with Crippen LogP contribution >= 0.6 is 0 Å². The molecule has 1 aromatic carbocycles. The minimum absolute atomic E-state index is 0.0222. The Labute approximate surface area is 153 Å². The lowest BCUT2D eigenvalue weighted by atomic mass is 10.2. The molecule has 0 saturated carbocycles. The number of aromatic nitrogens is 1. The Morgan fingerprint density at radius 2 is 1.81 bits per heavy atom. The molecule has 27 heavy (non-hydrogen) atoms. The van der Waals surface area contributed by atoms with E-state index in [1.165, 1.54) is 36.6 Å². The van der Waals surface area contributed by atoms with Gasteiger partial charge < -0.3 is 14.2 Å². The van der Waals surface area contributed by atoms with E-state index in [-0.39, 0.29) is 28.9 Å². The Hall–Kier alpha value is -3.44. The fraction of sp³-hybridized carbons (Fsp3) is 0.0625. The number of oxazole rings is 1. The predicted molar refractivity (Wildman–Crippen MR) is 92.1 cm³/mol. The molecule has 3 rings (SSSR count). The van der Waals surface area contributed by atoms with Crippen LogP contribution in [0.2, 0.25) is 0 Å². The number of hydrogen-bond acceptors (Lipinski definition) is 7. The maximum atomic E-state index is 12.1. The molecule has 11 heteroatoms. The minimum Gasteiger partial charge on any atom is -0.459 e. The van der Waals surface area contributed by atoms with Gasteiger partial charge in [-0.15, -0.1) is 0 Å². The van der Waals surface area contributed by atoms with Crippen molar-refractivity contribution < 1.29 is 26.8 Å². The van der Waals surface area contributed by atoms with E-state index in [0.717, 1.165) is 6.26 Å². The number of nitrogens with two attached hydrogens (primary N) is 1. The number of furan rings is 1. The molecular weight excluding hydrogens is 376 g/mol. The van der Waals surface area contributed by atoms with Gasteiger partial charge in [-0.05, 0) is 29.8 Å². The second-order valence-corrected chi connectivity index (χ2v) is 6.90. The van der Waals surface area contributed by atoms with Crippen LogP contribution in [0.25, 0.3) is 0 Å². The molecular formula is C16H14N4O6S. The Kier molecular flexibility index (Phi) is 5.05. The number of carbonyl (C=O) groups is 2. The van der Waals surface area contributed by atoms with Gasteiger partial charge in [-0.3, -0.25) is 14.9 Å². The zero-order valence-corrected chi connectivity index (χ0v) is 14.5. The molecule has 140 valence electrons. The average Bonchev–Trinajstić information content (AvgIpc) is 3.31. The van der Waals surface area contributed by atoms with Crippen LogP contribution < -0.4 is 15.8 Å². The molecule has 0 fully saturated rings. The molecule has 2 amide bonds. The Balaban J connectivity index is 1.57. The highest BCUT2D eigenvalue weighted by molar-refractivity contribution is 7.89. The Morgan fingerprint density at radius 1 is 1.07 bits per heavy atom. The highest BCUT2D eigenvalue weighted by Gasteiger charge is 2.16. The predicted octanol–water partition coefficient (Wildman–Crippen LogP) is 1.10. The Bertz CT molecular complexity index is 1050. The van der Waals surface area contributed by atoms with Crippen LogP contribution in [0.15, 0.2) is 62.7 Å². The lowest BCUT2D eigenvalue weighted by Gasteiger charge is -2.04. The fourth-order valence-corrected chi connectivity index (χ4v) is 2.59. The smallest absolute Gasteiger partial charge is 0.302 e. The third-order valence-corrected chi connectivity index (χ3v) is 4.34.